The van der Waals surface area contributed by atoms with Crippen LogP contribution in [-0.4, -0.2) is 36.8 Å². The van der Waals surface area contributed by atoms with E-state index in [-0.39, 0.29) is 40.4 Å². The molecule has 8 nitrogen and oxygen atoms in total. The lowest BCUT2D eigenvalue weighted by atomic mass is 9.88. The fraction of sp³-hybridized carbons (Fsp3) is 0.167. The Morgan fingerprint density at radius 2 is 1.66 bits per heavy atom. The number of methoxy groups -OCH3 is 2. The van der Waals surface area contributed by atoms with Crippen molar-refractivity contribution in [3.8, 4) is 11.8 Å². The molecular formula is C24H20N2O6. The van der Waals surface area contributed by atoms with Crippen molar-refractivity contribution in [2.45, 2.75) is 13.3 Å². The summed E-state index contributed by atoms with van der Waals surface area (Å²) in [4.78, 5) is 38.1. The second-order valence-electron chi connectivity index (χ2n) is 7.00. The minimum absolute atomic E-state index is 0.000199. The SMILES string of the molecule is COC1=C(OC)C(=O)C(Cc2ccc(O)c(C(=O)Nc3ccc(C#N)cc3)c2)=C(C)C1=O. The minimum atomic E-state index is -0.565. The number of Topliss-reactive ketones (excluding diaryl/α,β-unsaturated/α-hetero) is 2. The van der Waals surface area contributed by atoms with Gasteiger partial charge < -0.3 is 19.9 Å². The zero-order chi connectivity index (χ0) is 23.4. The number of anilines is 1. The number of ketones is 2. The number of ether oxygens (including phenoxy) is 2. The molecule has 0 aliphatic heterocycles. The van der Waals surface area contributed by atoms with Crippen LogP contribution in [0.25, 0.3) is 0 Å². The van der Waals surface area contributed by atoms with Crippen molar-refractivity contribution < 1.29 is 29.0 Å². The van der Waals surface area contributed by atoms with Gasteiger partial charge in [-0.1, -0.05) is 6.07 Å². The number of rotatable bonds is 6. The number of phenolic OH excluding ortho intramolecular Hbond substituents is 1. The van der Waals surface area contributed by atoms with Gasteiger partial charge in [-0.3, -0.25) is 14.4 Å². The molecule has 0 heterocycles. The van der Waals surface area contributed by atoms with Crippen LogP contribution >= 0.6 is 0 Å². The maximum atomic E-state index is 12.8. The van der Waals surface area contributed by atoms with Crippen LogP contribution in [-0.2, 0) is 25.5 Å². The van der Waals surface area contributed by atoms with E-state index in [0.29, 0.717) is 16.8 Å². The average Bonchev–Trinajstić information content (AvgIpc) is 2.80. The highest BCUT2D eigenvalue weighted by Crippen LogP contribution is 2.29. The molecule has 2 aromatic rings. The smallest absolute Gasteiger partial charge is 0.259 e. The van der Waals surface area contributed by atoms with E-state index in [1.54, 1.807) is 30.3 Å². The van der Waals surface area contributed by atoms with Crippen LogP contribution < -0.4 is 5.32 Å². The molecule has 0 unspecified atom stereocenters. The molecule has 0 bridgehead atoms. The third-order valence-electron chi connectivity index (χ3n) is 5.05. The van der Waals surface area contributed by atoms with Crippen molar-refractivity contribution in [1.82, 2.24) is 0 Å². The highest BCUT2D eigenvalue weighted by atomic mass is 16.5. The van der Waals surface area contributed by atoms with E-state index < -0.39 is 17.5 Å². The van der Waals surface area contributed by atoms with Crippen molar-refractivity contribution in [1.29, 1.82) is 5.26 Å². The summed E-state index contributed by atoms with van der Waals surface area (Å²) >= 11 is 0. The highest BCUT2D eigenvalue weighted by Gasteiger charge is 2.34. The predicted molar refractivity (Wildman–Crippen MR) is 115 cm³/mol. The Labute approximate surface area is 184 Å². The van der Waals surface area contributed by atoms with Gasteiger partial charge in [-0.05, 0) is 48.9 Å². The first kappa shape index (κ1) is 22.3. The fourth-order valence-electron chi connectivity index (χ4n) is 3.31. The number of nitriles is 1. The van der Waals surface area contributed by atoms with Crippen LogP contribution in [0.2, 0.25) is 0 Å². The van der Waals surface area contributed by atoms with Gasteiger partial charge in [0.05, 0.1) is 31.4 Å². The van der Waals surface area contributed by atoms with Crippen LogP contribution in [0, 0.1) is 11.3 Å². The van der Waals surface area contributed by atoms with E-state index in [4.69, 9.17) is 14.7 Å². The maximum absolute atomic E-state index is 12.8. The summed E-state index contributed by atoms with van der Waals surface area (Å²) < 4.78 is 10.1. The second-order valence-corrected chi connectivity index (χ2v) is 7.00. The first-order valence-corrected chi connectivity index (χ1v) is 9.55. The Morgan fingerprint density at radius 3 is 2.25 bits per heavy atom. The predicted octanol–water partition coefficient (Wildman–Crippen LogP) is 3.03. The van der Waals surface area contributed by atoms with Gasteiger partial charge >= 0.3 is 0 Å². The summed E-state index contributed by atoms with van der Waals surface area (Å²) in [7, 11) is 2.57. The highest BCUT2D eigenvalue weighted by molar-refractivity contribution is 6.23. The summed E-state index contributed by atoms with van der Waals surface area (Å²) in [5.41, 5.74) is 1.89. The van der Waals surface area contributed by atoms with E-state index in [9.17, 15) is 19.5 Å². The number of allylic oxidation sites excluding steroid dienone is 2. The number of aromatic hydroxyl groups is 1. The van der Waals surface area contributed by atoms with E-state index >= 15 is 0 Å². The van der Waals surface area contributed by atoms with Crippen LogP contribution in [0.4, 0.5) is 5.69 Å². The molecule has 1 aliphatic rings. The van der Waals surface area contributed by atoms with Gasteiger partial charge in [0.15, 0.2) is 0 Å². The summed E-state index contributed by atoms with van der Waals surface area (Å²) in [5.74, 6) is -2.04. The first-order chi connectivity index (χ1) is 15.3. The number of carbonyl (C=O) groups excluding carboxylic acids is 3. The molecule has 0 aromatic heterocycles. The van der Waals surface area contributed by atoms with E-state index in [1.807, 2.05) is 6.07 Å². The van der Waals surface area contributed by atoms with Crippen LogP contribution in [0.3, 0.4) is 0 Å². The number of carbonyl (C=O) groups is 3. The second kappa shape index (κ2) is 9.18. The number of nitrogens with one attached hydrogen (secondary N) is 1. The van der Waals surface area contributed by atoms with E-state index in [2.05, 4.69) is 5.32 Å². The quantitative estimate of drug-likeness (QED) is 0.672. The third-order valence-corrected chi connectivity index (χ3v) is 5.05. The molecule has 1 amide bonds. The number of nitrogens with zero attached hydrogens (tertiary/aromatic N) is 1. The Kier molecular flexibility index (Phi) is 6.40. The molecule has 8 heteroatoms. The molecular weight excluding hydrogens is 412 g/mol. The van der Waals surface area contributed by atoms with Crippen molar-refractivity contribution in [3.63, 3.8) is 0 Å². The number of benzene rings is 2. The molecule has 162 valence electrons. The number of amides is 1. The topological polar surface area (TPSA) is 126 Å². The van der Waals surface area contributed by atoms with E-state index in [0.717, 1.165) is 0 Å². The molecule has 2 N–H and O–H groups in total. The molecule has 0 saturated carbocycles. The Bertz CT molecular complexity index is 1220. The van der Waals surface area contributed by atoms with E-state index in [1.165, 1.54) is 33.3 Å². The number of hydrogen-bond acceptors (Lipinski definition) is 7. The standard InChI is InChI=1S/C24H20N2O6/c1-13-17(21(29)23(32-3)22(31-2)20(13)28)10-15-6-9-19(27)18(11-15)24(30)26-16-7-4-14(12-25)5-8-16/h4-9,11,27H,10H2,1-3H3,(H,26,30). The van der Waals surface area contributed by atoms with Crippen molar-refractivity contribution in [2.75, 3.05) is 19.5 Å². The van der Waals surface area contributed by atoms with Crippen molar-refractivity contribution >= 4 is 23.2 Å². The maximum Gasteiger partial charge on any atom is 0.259 e. The summed E-state index contributed by atoms with van der Waals surface area (Å²) in [6.45, 7) is 1.53. The number of phenols is 1. The molecule has 2 aromatic carbocycles. The van der Waals surface area contributed by atoms with Gasteiger partial charge in [0, 0.05) is 23.3 Å². The average molecular weight is 432 g/mol. The largest absolute Gasteiger partial charge is 0.507 e. The molecule has 0 atom stereocenters. The van der Waals surface area contributed by atoms with Crippen LogP contribution in [0.5, 0.6) is 5.75 Å². The summed E-state index contributed by atoms with van der Waals surface area (Å²) in [6, 6.07) is 12.6. The van der Waals surface area contributed by atoms with Crippen molar-refractivity contribution in [3.05, 3.63) is 81.8 Å². The molecule has 0 spiro atoms. The monoisotopic (exact) mass is 432 g/mol. The Balaban J connectivity index is 1.88. The number of hydrogen-bond donors (Lipinski definition) is 2. The van der Waals surface area contributed by atoms with Gasteiger partial charge in [0.2, 0.25) is 23.1 Å². The van der Waals surface area contributed by atoms with Gasteiger partial charge in [0.1, 0.15) is 5.75 Å². The summed E-state index contributed by atoms with van der Waals surface area (Å²) in [6.07, 6.45) is 0.0533. The molecule has 3 rings (SSSR count). The first-order valence-electron chi connectivity index (χ1n) is 9.55. The minimum Gasteiger partial charge on any atom is -0.507 e. The lowest BCUT2D eigenvalue weighted by molar-refractivity contribution is -0.121. The van der Waals surface area contributed by atoms with Crippen LogP contribution in [0.1, 0.15) is 28.4 Å². The molecule has 0 saturated heterocycles. The molecule has 0 fully saturated rings. The molecule has 32 heavy (non-hydrogen) atoms. The summed E-state index contributed by atoms with van der Waals surface area (Å²) in [5, 5.41) is 21.7. The van der Waals surface area contributed by atoms with Gasteiger partial charge in [-0.15, -0.1) is 0 Å². The normalized spacial score (nSPS) is 13.7. The third kappa shape index (κ3) is 4.23. The Hall–Kier alpha value is -4.38. The molecule has 0 radical (unpaired) electrons. The fourth-order valence-corrected chi connectivity index (χ4v) is 3.31. The van der Waals surface area contributed by atoms with Crippen molar-refractivity contribution in [2.24, 2.45) is 0 Å². The van der Waals surface area contributed by atoms with Gasteiger partial charge in [0.25, 0.3) is 5.91 Å². The lowest BCUT2D eigenvalue weighted by Gasteiger charge is -2.20. The van der Waals surface area contributed by atoms with Crippen LogP contribution in [0.15, 0.2) is 65.1 Å². The zero-order valence-corrected chi connectivity index (χ0v) is 17.7. The zero-order valence-electron chi connectivity index (χ0n) is 17.7. The van der Waals surface area contributed by atoms with Gasteiger partial charge in [-0.25, -0.2) is 0 Å². The molecule has 1 aliphatic carbocycles. The van der Waals surface area contributed by atoms with Gasteiger partial charge in [-0.2, -0.15) is 5.26 Å². The Morgan fingerprint density at radius 1 is 1.03 bits per heavy atom. The lowest BCUT2D eigenvalue weighted by Crippen LogP contribution is -2.26.